The van der Waals surface area contributed by atoms with Gasteiger partial charge in [-0.1, -0.05) is 6.92 Å². The molecule has 3 heterocycles. The number of rotatable bonds is 6. The number of aromatic nitrogens is 2. The summed E-state index contributed by atoms with van der Waals surface area (Å²) in [6.07, 6.45) is 2.08. The van der Waals surface area contributed by atoms with Crippen LogP contribution in [0.25, 0.3) is 0 Å². The molecule has 2 aliphatic heterocycles. The van der Waals surface area contributed by atoms with E-state index in [-0.39, 0.29) is 11.3 Å². The molecule has 1 atom stereocenters. The van der Waals surface area contributed by atoms with E-state index in [1.807, 2.05) is 18.7 Å². The number of amides is 1. The van der Waals surface area contributed by atoms with E-state index in [4.69, 9.17) is 9.72 Å². The predicted molar refractivity (Wildman–Crippen MR) is 106 cm³/mol. The molecule has 2 fully saturated rings. The van der Waals surface area contributed by atoms with Crippen molar-refractivity contribution < 1.29 is 9.53 Å². The molecule has 0 aromatic carbocycles. The van der Waals surface area contributed by atoms with Gasteiger partial charge in [0.15, 0.2) is 0 Å². The number of likely N-dealkylation sites (tertiary alicyclic amines) is 1. The maximum absolute atomic E-state index is 12.9. The highest BCUT2D eigenvalue weighted by Crippen LogP contribution is 2.34. The molecule has 3 rings (SSSR count). The van der Waals surface area contributed by atoms with Crippen molar-refractivity contribution in [2.24, 2.45) is 5.41 Å². The normalized spacial score (nSPS) is 21.7. The second-order valence-electron chi connectivity index (χ2n) is 8.65. The van der Waals surface area contributed by atoms with Crippen molar-refractivity contribution in [2.45, 2.75) is 39.7 Å². The Balaban J connectivity index is 1.74. The first kappa shape index (κ1) is 20.0. The Labute approximate surface area is 162 Å². The van der Waals surface area contributed by atoms with Gasteiger partial charge in [-0.05, 0) is 40.8 Å². The average Bonchev–Trinajstić information content (AvgIpc) is 3.09. The third-order valence-electron chi connectivity index (χ3n) is 6.09. The standard InChI is InChI=1S/C20H33N5O2/c1-14-15(2)21-17(19(26)25-12-20(3,13-25)8-10-27-6)22-18(14)24-9-7-16(11-24)23(4)5/h16H,7-13H2,1-6H3/t16-/m1/s1. The van der Waals surface area contributed by atoms with Crippen molar-refractivity contribution in [1.29, 1.82) is 0 Å². The molecule has 2 aliphatic rings. The first-order valence-electron chi connectivity index (χ1n) is 9.79. The van der Waals surface area contributed by atoms with Crippen LogP contribution in [-0.2, 0) is 4.74 Å². The Morgan fingerprint density at radius 1 is 1.30 bits per heavy atom. The molecule has 0 radical (unpaired) electrons. The number of nitrogens with zero attached hydrogens (tertiary/aromatic N) is 5. The van der Waals surface area contributed by atoms with E-state index in [1.54, 1.807) is 7.11 Å². The van der Waals surface area contributed by atoms with Gasteiger partial charge >= 0.3 is 0 Å². The Morgan fingerprint density at radius 2 is 2.00 bits per heavy atom. The number of ether oxygens (including phenoxy) is 1. The summed E-state index contributed by atoms with van der Waals surface area (Å²) < 4.78 is 5.18. The lowest BCUT2D eigenvalue weighted by molar-refractivity contribution is -0.00175. The summed E-state index contributed by atoms with van der Waals surface area (Å²) >= 11 is 0. The van der Waals surface area contributed by atoms with Gasteiger partial charge in [0.1, 0.15) is 5.82 Å². The first-order chi connectivity index (χ1) is 12.7. The van der Waals surface area contributed by atoms with Gasteiger partial charge in [0.25, 0.3) is 5.91 Å². The van der Waals surface area contributed by atoms with Crippen LogP contribution in [0.3, 0.4) is 0 Å². The molecule has 0 spiro atoms. The van der Waals surface area contributed by atoms with Gasteiger partial charge < -0.3 is 19.4 Å². The van der Waals surface area contributed by atoms with Crippen molar-refractivity contribution in [3.8, 4) is 0 Å². The maximum Gasteiger partial charge on any atom is 0.291 e. The van der Waals surface area contributed by atoms with Crippen LogP contribution in [-0.4, -0.2) is 85.7 Å². The highest BCUT2D eigenvalue weighted by Gasteiger charge is 2.42. The third-order valence-corrected chi connectivity index (χ3v) is 6.09. The Bertz CT molecular complexity index is 700. The third kappa shape index (κ3) is 4.09. The molecule has 1 aromatic rings. The van der Waals surface area contributed by atoms with E-state index < -0.39 is 0 Å². The fourth-order valence-electron chi connectivity index (χ4n) is 4.04. The maximum atomic E-state index is 12.9. The molecule has 7 heteroatoms. The van der Waals surface area contributed by atoms with Gasteiger partial charge in [0, 0.05) is 62.6 Å². The summed E-state index contributed by atoms with van der Waals surface area (Å²) in [4.78, 5) is 28.6. The van der Waals surface area contributed by atoms with Crippen LogP contribution < -0.4 is 4.90 Å². The average molecular weight is 376 g/mol. The monoisotopic (exact) mass is 375 g/mol. The molecule has 1 amide bonds. The van der Waals surface area contributed by atoms with Crippen LogP contribution in [0.2, 0.25) is 0 Å². The molecule has 2 saturated heterocycles. The molecule has 0 N–H and O–H groups in total. The lowest BCUT2D eigenvalue weighted by atomic mass is 9.79. The van der Waals surface area contributed by atoms with E-state index in [2.05, 4.69) is 35.8 Å². The fraction of sp³-hybridized carbons (Fsp3) is 0.750. The van der Waals surface area contributed by atoms with Gasteiger partial charge in [-0.3, -0.25) is 4.79 Å². The Kier molecular flexibility index (Phi) is 5.72. The molecule has 7 nitrogen and oxygen atoms in total. The number of likely N-dealkylation sites (N-methyl/N-ethyl adjacent to an activating group) is 1. The minimum absolute atomic E-state index is 0.0578. The zero-order chi connectivity index (χ0) is 19.8. The van der Waals surface area contributed by atoms with Crippen LogP contribution in [0.5, 0.6) is 0 Å². The molecule has 1 aromatic heterocycles. The lowest BCUT2D eigenvalue weighted by Gasteiger charge is -2.47. The van der Waals surface area contributed by atoms with E-state index in [0.717, 1.165) is 62.7 Å². The van der Waals surface area contributed by atoms with Gasteiger partial charge in [0.05, 0.1) is 0 Å². The fourth-order valence-corrected chi connectivity index (χ4v) is 4.04. The van der Waals surface area contributed by atoms with Crippen LogP contribution in [0.4, 0.5) is 5.82 Å². The number of anilines is 1. The van der Waals surface area contributed by atoms with E-state index in [1.165, 1.54) is 0 Å². The Hall–Kier alpha value is -1.73. The molecular weight excluding hydrogens is 342 g/mol. The Morgan fingerprint density at radius 3 is 2.59 bits per heavy atom. The summed E-state index contributed by atoms with van der Waals surface area (Å²) in [5, 5.41) is 0. The minimum Gasteiger partial charge on any atom is -0.385 e. The van der Waals surface area contributed by atoms with Crippen LogP contribution in [0.15, 0.2) is 0 Å². The largest absolute Gasteiger partial charge is 0.385 e. The van der Waals surface area contributed by atoms with E-state index in [9.17, 15) is 4.79 Å². The molecule has 0 bridgehead atoms. The molecule has 0 aliphatic carbocycles. The number of carbonyl (C=O) groups excluding carboxylic acids is 1. The summed E-state index contributed by atoms with van der Waals surface area (Å²) in [5.74, 6) is 1.19. The van der Waals surface area contributed by atoms with Crippen LogP contribution >= 0.6 is 0 Å². The summed E-state index contributed by atoms with van der Waals surface area (Å²) in [6.45, 7) is 10.3. The van der Waals surface area contributed by atoms with Gasteiger partial charge in [-0.2, -0.15) is 0 Å². The highest BCUT2D eigenvalue weighted by molar-refractivity contribution is 5.91. The molecule has 150 valence electrons. The smallest absolute Gasteiger partial charge is 0.291 e. The van der Waals surface area contributed by atoms with Gasteiger partial charge in [-0.15, -0.1) is 0 Å². The summed E-state index contributed by atoms with van der Waals surface area (Å²) in [6, 6.07) is 0.524. The topological polar surface area (TPSA) is 61.8 Å². The van der Waals surface area contributed by atoms with Gasteiger partial charge in [0.2, 0.25) is 5.82 Å². The van der Waals surface area contributed by atoms with E-state index in [0.29, 0.717) is 11.9 Å². The molecular formula is C20H33N5O2. The second-order valence-corrected chi connectivity index (χ2v) is 8.65. The van der Waals surface area contributed by atoms with Crippen LogP contribution in [0.1, 0.15) is 41.6 Å². The predicted octanol–water partition coefficient (Wildman–Crippen LogP) is 1.73. The molecule has 0 saturated carbocycles. The number of hydrogen-bond acceptors (Lipinski definition) is 6. The zero-order valence-corrected chi connectivity index (χ0v) is 17.6. The van der Waals surface area contributed by atoms with Crippen molar-refractivity contribution >= 4 is 11.7 Å². The SMILES string of the molecule is COCCC1(C)CN(C(=O)c2nc(C)c(C)c(N3CC[C@@H](N(C)C)C3)n2)C1. The summed E-state index contributed by atoms with van der Waals surface area (Å²) in [5.41, 5.74) is 2.10. The number of aryl methyl sites for hydroxylation is 1. The first-order valence-corrected chi connectivity index (χ1v) is 9.79. The number of carbonyl (C=O) groups is 1. The van der Waals surface area contributed by atoms with E-state index >= 15 is 0 Å². The van der Waals surface area contributed by atoms with Crippen LogP contribution in [0, 0.1) is 19.3 Å². The van der Waals surface area contributed by atoms with Gasteiger partial charge in [-0.25, -0.2) is 9.97 Å². The minimum atomic E-state index is -0.0578. The van der Waals surface area contributed by atoms with Crippen molar-refractivity contribution in [2.75, 3.05) is 58.9 Å². The lowest BCUT2D eigenvalue weighted by Crippen LogP contribution is -2.57. The quantitative estimate of drug-likeness (QED) is 0.755. The second kappa shape index (κ2) is 7.72. The van der Waals surface area contributed by atoms with Crippen molar-refractivity contribution in [3.63, 3.8) is 0 Å². The number of methoxy groups -OCH3 is 1. The van der Waals surface area contributed by atoms with Crippen molar-refractivity contribution in [1.82, 2.24) is 19.8 Å². The highest BCUT2D eigenvalue weighted by atomic mass is 16.5. The molecule has 27 heavy (non-hydrogen) atoms. The summed E-state index contributed by atoms with van der Waals surface area (Å²) in [7, 11) is 5.95. The zero-order valence-electron chi connectivity index (χ0n) is 17.6. The van der Waals surface area contributed by atoms with Crippen molar-refractivity contribution in [3.05, 3.63) is 17.1 Å². The number of hydrogen-bond donors (Lipinski definition) is 0. The molecule has 0 unspecified atom stereocenters.